The predicted octanol–water partition coefficient (Wildman–Crippen LogP) is 1.61. The van der Waals surface area contributed by atoms with Crippen LogP contribution in [0.5, 0.6) is 0 Å². The lowest BCUT2D eigenvalue weighted by Gasteiger charge is -2.14. The Hall–Kier alpha value is -1.84. The van der Waals surface area contributed by atoms with Crippen molar-refractivity contribution in [1.82, 2.24) is 15.3 Å². The van der Waals surface area contributed by atoms with Crippen LogP contribution in [0.2, 0.25) is 0 Å². The van der Waals surface area contributed by atoms with Gasteiger partial charge in [-0.2, -0.15) is 0 Å². The normalized spacial score (nSPS) is 15.9. The molecule has 0 radical (unpaired) electrons. The molecule has 2 aromatic rings. The van der Waals surface area contributed by atoms with Gasteiger partial charge in [0.2, 0.25) is 0 Å². The largest absolute Gasteiger partial charge is 0.370 e. The molecule has 0 saturated heterocycles. The van der Waals surface area contributed by atoms with Crippen LogP contribution in [0.25, 0.3) is 11.0 Å². The average Bonchev–Trinajstić information content (AvgIpc) is 2.69. The fourth-order valence-electron chi connectivity index (χ4n) is 2.01. The standard InChI is InChI=1S/C12H14N4/c1-8-15-10-4-3-9(7-11(10)16-8)12-13-5-2-6-14-12/h3-4,7H,2,5-6H2,1H3,(H,13,14)(H,15,16). The molecule has 0 unspecified atom stereocenters. The molecule has 4 heteroatoms. The van der Waals surface area contributed by atoms with E-state index in [1.807, 2.05) is 13.0 Å². The number of amidine groups is 1. The summed E-state index contributed by atoms with van der Waals surface area (Å²) in [6, 6.07) is 6.21. The van der Waals surface area contributed by atoms with Gasteiger partial charge in [0.25, 0.3) is 0 Å². The van der Waals surface area contributed by atoms with Crippen LogP contribution in [0.15, 0.2) is 23.2 Å². The van der Waals surface area contributed by atoms with Crippen molar-refractivity contribution in [2.45, 2.75) is 13.3 Å². The average molecular weight is 214 g/mol. The van der Waals surface area contributed by atoms with E-state index >= 15 is 0 Å². The van der Waals surface area contributed by atoms with Crippen LogP contribution in [-0.2, 0) is 0 Å². The maximum Gasteiger partial charge on any atom is 0.128 e. The second-order valence-corrected chi connectivity index (χ2v) is 4.06. The van der Waals surface area contributed by atoms with Gasteiger partial charge >= 0.3 is 0 Å². The van der Waals surface area contributed by atoms with E-state index in [0.717, 1.165) is 47.8 Å². The number of aryl methyl sites for hydroxylation is 1. The summed E-state index contributed by atoms with van der Waals surface area (Å²) in [7, 11) is 0. The topological polar surface area (TPSA) is 53.1 Å². The molecule has 1 aromatic heterocycles. The minimum Gasteiger partial charge on any atom is -0.370 e. The molecule has 2 N–H and O–H groups in total. The van der Waals surface area contributed by atoms with Crippen LogP contribution in [0.3, 0.4) is 0 Å². The van der Waals surface area contributed by atoms with Crippen molar-refractivity contribution in [2.24, 2.45) is 4.99 Å². The SMILES string of the molecule is Cc1nc2ccc(C3=NCCCN3)cc2[nH]1. The molecule has 3 rings (SSSR count). The third kappa shape index (κ3) is 1.56. The summed E-state index contributed by atoms with van der Waals surface area (Å²) < 4.78 is 0. The Balaban J connectivity index is 2.07. The summed E-state index contributed by atoms with van der Waals surface area (Å²) in [5, 5.41) is 3.32. The highest BCUT2D eigenvalue weighted by Gasteiger charge is 2.08. The maximum atomic E-state index is 4.48. The van der Waals surface area contributed by atoms with E-state index in [1.54, 1.807) is 0 Å². The maximum absolute atomic E-state index is 4.48. The number of aromatic amines is 1. The van der Waals surface area contributed by atoms with E-state index in [0.29, 0.717) is 0 Å². The summed E-state index contributed by atoms with van der Waals surface area (Å²) >= 11 is 0. The van der Waals surface area contributed by atoms with Crippen molar-refractivity contribution in [3.8, 4) is 0 Å². The van der Waals surface area contributed by atoms with Gasteiger partial charge in [-0.3, -0.25) is 4.99 Å². The first-order valence-electron chi connectivity index (χ1n) is 5.58. The fourth-order valence-corrected chi connectivity index (χ4v) is 2.01. The molecule has 1 aromatic carbocycles. The van der Waals surface area contributed by atoms with Crippen molar-refractivity contribution >= 4 is 16.9 Å². The van der Waals surface area contributed by atoms with Crippen LogP contribution in [0.1, 0.15) is 17.8 Å². The molecule has 2 heterocycles. The highest BCUT2D eigenvalue weighted by Crippen LogP contribution is 2.14. The zero-order chi connectivity index (χ0) is 11.0. The number of imidazole rings is 1. The van der Waals surface area contributed by atoms with Gasteiger partial charge in [-0.05, 0) is 31.5 Å². The first kappa shape index (κ1) is 9.39. The molecule has 1 aliphatic heterocycles. The summed E-state index contributed by atoms with van der Waals surface area (Å²) in [6.07, 6.45) is 1.12. The molecule has 0 fully saturated rings. The van der Waals surface area contributed by atoms with Gasteiger partial charge in [0.15, 0.2) is 0 Å². The smallest absolute Gasteiger partial charge is 0.128 e. The number of nitrogens with one attached hydrogen (secondary N) is 2. The van der Waals surface area contributed by atoms with E-state index in [-0.39, 0.29) is 0 Å². The molecule has 0 aliphatic carbocycles. The molecule has 0 saturated carbocycles. The number of fused-ring (bicyclic) bond motifs is 1. The number of hydrogen-bond acceptors (Lipinski definition) is 3. The van der Waals surface area contributed by atoms with Crippen LogP contribution < -0.4 is 5.32 Å². The van der Waals surface area contributed by atoms with Gasteiger partial charge in [0, 0.05) is 18.7 Å². The summed E-state index contributed by atoms with van der Waals surface area (Å²) in [4.78, 5) is 12.1. The van der Waals surface area contributed by atoms with Gasteiger partial charge in [-0.1, -0.05) is 0 Å². The van der Waals surface area contributed by atoms with Crippen molar-refractivity contribution in [2.75, 3.05) is 13.1 Å². The first-order valence-corrected chi connectivity index (χ1v) is 5.58. The Morgan fingerprint density at radius 3 is 3.06 bits per heavy atom. The third-order valence-electron chi connectivity index (χ3n) is 2.77. The lowest BCUT2D eigenvalue weighted by molar-refractivity contribution is 0.742. The summed E-state index contributed by atoms with van der Waals surface area (Å²) in [5.74, 6) is 1.95. The molecule has 0 atom stereocenters. The summed E-state index contributed by atoms with van der Waals surface area (Å²) in [5.41, 5.74) is 3.22. The van der Waals surface area contributed by atoms with Gasteiger partial charge in [-0.25, -0.2) is 4.98 Å². The molecule has 0 bridgehead atoms. The van der Waals surface area contributed by atoms with E-state index in [9.17, 15) is 0 Å². The van der Waals surface area contributed by atoms with Crippen molar-refractivity contribution in [3.05, 3.63) is 29.6 Å². The number of aliphatic imine (C=N–C) groups is 1. The van der Waals surface area contributed by atoms with E-state index in [4.69, 9.17) is 0 Å². The van der Waals surface area contributed by atoms with Gasteiger partial charge in [-0.15, -0.1) is 0 Å². The molecule has 1 aliphatic rings. The number of aromatic nitrogens is 2. The Labute approximate surface area is 93.8 Å². The minimum atomic E-state index is 0.919. The second kappa shape index (κ2) is 3.63. The zero-order valence-electron chi connectivity index (χ0n) is 9.25. The quantitative estimate of drug-likeness (QED) is 0.757. The number of rotatable bonds is 1. The molecule has 0 amide bonds. The molecule has 4 nitrogen and oxygen atoms in total. The lowest BCUT2D eigenvalue weighted by Crippen LogP contribution is -2.30. The highest BCUT2D eigenvalue weighted by molar-refractivity contribution is 6.01. The molecule has 0 spiro atoms. The van der Waals surface area contributed by atoms with Crippen LogP contribution in [0, 0.1) is 6.92 Å². The number of hydrogen-bond donors (Lipinski definition) is 2. The predicted molar refractivity (Wildman–Crippen MR) is 64.9 cm³/mol. The van der Waals surface area contributed by atoms with Crippen LogP contribution in [-0.4, -0.2) is 28.9 Å². The van der Waals surface area contributed by atoms with Gasteiger partial charge < -0.3 is 10.3 Å². The van der Waals surface area contributed by atoms with Crippen molar-refractivity contribution in [1.29, 1.82) is 0 Å². The van der Waals surface area contributed by atoms with E-state index in [2.05, 4.69) is 32.4 Å². The fraction of sp³-hybridized carbons (Fsp3) is 0.333. The van der Waals surface area contributed by atoms with Crippen LogP contribution >= 0.6 is 0 Å². The van der Waals surface area contributed by atoms with E-state index in [1.165, 1.54) is 0 Å². The second-order valence-electron chi connectivity index (χ2n) is 4.06. The Kier molecular flexibility index (Phi) is 2.13. The monoisotopic (exact) mass is 214 g/mol. The first-order chi connectivity index (χ1) is 7.83. The Morgan fingerprint density at radius 2 is 2.25 bits per heavy atom. The van der Waals surface area contributed by atoms with Crippen molar-refractivity contribution < 1.29 is 0 Å². The third-order valence-corrected chi connectivity index (χ3v) is 2.77. The lowest BCUT2D eigenvalue weighted by atomic mass is 10.1. The molecular weight excluding hydrogens is 200 g/mol. The van der Waals surface area contributed by atoms with E-state index < -0.39 is 0 Å². The number of H-pyrrole nitrogens is 1. The van der Waals surface area contributed by atoms with Gasteiger partial charge in [0.1, 0.15) is 11.7 Å². The molecule has 82 valence electrons. The number of nitrogens with zero attached hydrogens (tertiary/aromatic N) is 2. The summed E-state index contributed by atoms with van der Waals surface area (Å²) in [6.45, 7) is 3.90. The Morgan fingerprint density at radius 1 is 1.31 bits per heavy atom. The Bertz CT molecular complexity index is 553. The minimum absolute atomic E-state index is 0.919. The van der Waals surface area contributed by atoms with Crippen molar-refractivity contribution in [3.63, 3.8) is 0 Å². The zero-order valence-corrected chi connectivity index (χ0v) is 9.25. The van der Waals surface area contributed by atoms with Gasteiger partial charge in [0.05, 0.1) is 11.0 Å². The van der Waals surface area contributed by atoms with Crippen LogP contribution in [0.4, 0.5) is 0 Å². The molecule has 16 heavy (non-hydrogen) atoms. The number of benzene rings is 1. The highest BCUT2D eigenvalue weighted by atomic mass is 15.0. The molecular formula is C12H14N4.